The van der Waals surface area contributed by atoms with E-state index in [1.165, 1.54) is 60.4 Å². The van der Waals surface area contributed by atoms with E-state index in [9.17, 15) is 0 Å². The maximum Gasteiger partial charge on any atom is 0.122 e. The van der Waals surface area contributed by atoms with Crippen molar-refractivity contribution in [2.45, 2.75) is 5.54 Å². The van der Waals surface area contributed by atoms with Crippen molar-refractivity contribution < 1.29 is 0 Å². The Morgan fingerprint density at radius 1 is 0.367 bits per heavy atom. The van der Waals surface area contributed by atoms with Gasteiger partial charge in [0.15, 0.2) is 0 Å². The Morgan fingerprint density at radius 2 is 0.918 bits per heavy atom. The molecule has 0 bridgehead atoms. The molecule has 0 spiro atoms. The number of nitrogens with zero attached hydrogens (tertiary/aromatic N) is 2. The maximum absolute atomic E-state index is 2.63. The van der Waals surface area contributed by atoms with Crippen LogP contribution in [0.2, 0.25) is 0 Å². The summed E-state index contributed by atoms with van der Waals surface area (Å²) in [6, 6.07) is 71.0. The lowest BCUT2D eigenvalue weighted by molar-refractivity contribution is 0.564. The quantitative estimate of drug-likeness (QED) is 0.185. The third-order valence-electron chi connectivity index (χ3n) is 10.4. The molecule has 0 fully saturated rings. The molecular formula is C47H32N2. The van der Waals surface area contributed by atoms with Gasteiger partial charge >= 0.3 is 0 Å². The third kappa shape index (κ3) is 4.01. The van der Waals surface area contributed by atoms with Crippen LogP contribution in [0.3, 0.4) is 0 Å². The molecule has 1 heterocycles. The van der Waals surface area contributed by atoms with E-state index in [2.05, 4.69) is 204 Å². The van der Waals surface area contributed by atoms with Gasteiger partial charge in [-0.05, 0) is 93.2 Å². The van der Waals surface area contributed by atoms with Crippen molar-refractivity contribution in [3.63, 3.8) is 0 Å². The van der Waals surface area contributed by atoms with E-state index in [0.717, 1.165) is 17.1 Å². The zero-order valence-electron chi connectivity index (χ0n) is 26.9. The Morgan fingerprint density at radius 3 is 1.61 bits per heavy atom. The summed E-state index contributed by atoms with van der Waals surface area (Å²) in [4.78, 5) is 2.35. The Balaban J connectivity index is 1.33. The first-order valence-corrected chi connectivity index (χ1v) is 16.9. The van der Waals surface area contributed by atoms with Crippen LogP contribution in [0.1, 0.15) is 16.7 Å². The average Bonchev–Trinajstić information content (AvgIpc) is 3.66. The minimum absolute atomic E-state index is 0.599. The molecule has 0 radical (unpaired) electrons. The molecule has 0 unspecified atom stereocenters. The molecule has 0 amide bonds. The molecule has 1 aromatic heterocycles. The van der Waals surface area contributed by atoms with E-state index in [0.29, 0.717) is 0 Å². The van der Waals surface area contributed by atoms with Crippen LogP contribution < -0.4 is 4.90 Å². The lowest BCUT2D eigenvalue weighted by atomic mass is 9.79. The zero-order valence-corrected chi connectivity index (χ0v) is 26.9. The first kappa shape index (κ1) is 27.7. The lowest BCUT2D eigenvalue weighted by Gasteiger charge is -2.37. The molecule has 0 aliphatic heterocycles. The zero-order chi connectivity index (χ0) is 32.4. The van der Waals surface area contributed by atoms with Gasteiger partial charge in [0.1, 0.15) is 5.54 Å². The van der Waals surface area contributed by atoms with Gasteiger partial charge in [-0.1, -0.05) is 140 Å². The second-order valence-corrected chi connectivity index (χ2v) is 12.9. The number of rotatable bonds is 5. The summed E-state index contributed by atoms with van der Waals surface area (Å²) in [5, 5.41) is 4.95. The van der Waals surface area contributed by atoms with Crippen LogP contribution >= 0.6 is 0 Å². The third-order valence-corrected chi connectivity index (χ3v) is 10.4. The Labute approximate surface area is 285 Å². The summed E-state index contributed by atoms with van der Waals surface area (Å²) in [5.74, 6) is 0. The molecule has 0 atom stereocenters. The number of anilines is 3. The van der Waals surface area contributed by atoms with Crippen LogP contribution in [-0.4, -0.2) is 4.57 Å². The van der Waals surface area contributed by atoms with Gasteiger partial charge in [0.05, 0.1) is 11.0 Å². The smallest absolute Gasteiger partial charge is 0.122 e. The molecule has 9 aromatic rings. The molecule has 8 aromatic carbocycles. The van der Waals surface area contributed by atoms with Gasteiger partial charge in [-0.25, -0.2) is 0 Å². The number of fused-ring (bicyclic) bond motifs is 7. The van der Waals surface area contributed by atoms with E-state index in [4.69, 9.17) is 0 Å². The summed E-state index contributed by atoms with van der Waals surface area (Å²) in [6.07, 6.45) is 0. The van der Waals surface area contributed by atoms with Gasteiger partial charge in [-0.2, -0.15) is 0 Å². The second-order valence-electron chi connectivity index (χ2n) is 12.9. The largest absolute Gasteiger partial charge is 0.322 e. The molecule has 10 rings (SSSR count). The molecule has 1 aliphatic rings. The van der Waals surface area contributed by atoms with Gasteiger partial charge in [0.25, 0.3) is 0 Å². The highest BCUT2D eigenvalue weighted by Crippen LogP contribution is 2.56. The van der Waals surface area contributed by atoms with Crippen LogP contribution in [0.4, 0.5) is 17.1 Å². The molecule has 0 N–H and O–H groups in total. The highest BCUT2D eigenvalue weighted by molar-refractivity contribution is 6.11. The van der Waals surface area contributed by atoms with Gasteiger partial charge in [0, 0.05) is 27.8 Å². The first-order chi connectivity index (χ1) is 24.3. The van der Waals surface area contributed by atoms with Crippen molar-refractivity contribution in [2.75, 3.05) is 4.90 Å². The van der Waals surface area contributed by atoms with Crippen LogP contribution in [-0.2, 0) is 5.54 Å². The van der Waals surface area contributed by atoms with Gasteiger partial charge in [0.2, 0.25) is 0 Å². The highest BCUT2D eigenvalue weighted by Gasteiger charge is 2.47. The second kappa shape index (κ2) is 10.8. The standard InChI is InChI=1S/C47H32N2/c1-3-17-36(18-4-1)48(37-19-5-2-6-20-37)38-29-30-46-42(32-38)41-23-11-14-26-45(41)49(46)47(35-28-27-33-15-7-8-16-34(33)31-35)43-24-12-9-21-39(43)40-22-10-13-25-44(40)47/h1-32H. The van der Waals surface area contributed by atoms with Crippen LogP contribution in [0, 0.1) is 0 Å². The predicted octanol–water partition coefficient (Wildman–Crippen LogP) is 12.2. The fourth-order valence-corrected chi connectivity index (χ4v) is 8.37. The van der Waals surface area contributed by atoms with Crippen molar-refractivity contribution >= 4 is 49.6 Å². The van der Waals surface area contributed by atoms with Gasteiger partial charge < -0.3 is 9.47 Å². The highest BCUT2D eigenvalue weighted by atomic mass is 15.1. The van der Waals surface area contributed by atoms with Crippen LogP contribution in [0.25, 0.3) is 43.7 Å². The molecule has 2 nitrogen and oxygen atoms in total. The number of hydrogen-bond donors (Lipinski definition) is 0. The molecule has 0 saturated carbocycles. The van der Waals surface area contributed by atoms with E-state index in [-0.39, 0.29) is 0 Å². The fraction of sp³-hybridized carbons (Fsp3) is 0.0213. The summed E-state index contributed by atoms with van der Waals surface area (Å²) in [6.45, 7) is 0. The van der Waals surface area contributed by atoms with Crippen molar-refractivity contribution in [3.05, 3.63) is 211 Å². The van der Waals surface area contributed by atoms with E-state index >= 15 is 0 Å². The molecule has 49 heavy (non-hydrogen) atoms. The number of aromatic nitrogens is 1. The maximum atomic E-state index is 2.63. The topological polar surface area (TPSA) is 8.17 Å². The summed E-state index contributed by atoms with van der Waals surface area (Å²) in [5.41, 5.74) is 11.6. The fourth-order valence-electron chi connectivity index (χ4n) is 8.37. The number of hydrogen-bond acceptors (Lipinski definition) is 1. The Bertz CT molecular complexity index is 2580. The van der Waals surface area contributed by atoms with Gasteiger partial charge in [-0.15, -0.1) is 0 Å². The lowest BCUT2D eigenvalue weighted by Crippen LogP contribution is -2.35. The summed E-state index contributed by atoms with van der Waals surface area (Å²) >= 11 is 0. The monoisotopic (exact) mass is 624 g/mol. The van der Waals surface area contributed by atoms with Crippen molar-refractivity contribution in [1.29, 1.82) is 0 Å². The minimum Gasteiger partial charge on any atom is -0.322 e. The van der Waals surface area contributed by atoms with Gasteiger partial charge in [-0.3, -0.25) is 0 Å². The number of benzene rings is 8. The van der Waals surface area contributed by atoms with Crippen molar-refractivity contribution in [2.24, 2.45) is 0 Å². The molecule has 2 heteroatoms. The average molecular weight is 625 g/mol. The summed E-state index contributed by atoms with van der Waals surface area (Å²) in [7, 11) is 0. The molecule has 1 aliphatic carbocycles. The molecule has 0 saturated heterocycles. The van der Waals surface area contributed by atoms with Crippen LogP contribution in [0.5, 0.6) is 0 Å². The van der Waals surface area contributed by atoms with E-state index in [1.54, 1.807) is 0 Å². The molecular weight excluding hydrogens is 593 g/mol. The Hall–Kier alpha value is -6.38. The number of para-hydroxylation sites is 3. The minimum atomic E-state index is -0.599. The van der Waals surface area contributed by atoms with E-state index < -0.39 is 5.54 Å². The SMILES string of the molecule is c1ccc(N(c2ccccc2)c2ccc3c(c2)c2ccccc2n3C2(c3ccc4ccccc4c3)c3ccccc3-c3ccccc32)cc1. The first-order valence-electron chi connectivity index (χ1n) is 16.9. The van der Waals surface area contributed by atoms with Crippen molar-refractivity contribution in [3.8, 4) is 11.1 Å². The van der Waals surface area contributed by atoms with E-state index in [1.807, 2.05) is 0 Å². The normalized spacial score (nSPS) is 13.1. The summed E-state index contributed by atoms with van der Waals surface area (Å²) < 4.78 is 2.63. The molecule has 230 valence electrons. The van der Waals surface area contributed by atoms with Crippen LogP contribution in [0.15, 0.2) is 194 Å². The predicted molar refractivity (Wildman–Crippen MR) is 205 cm³/mol. The Kier molecular flexibility index (Phi) is 6.13. The van der Waals surface area contributed by atoms with Crippen molar-refractivity contribution in [1.82, 2.24) is 4.57 Å².